The molecule has 0 spiro atoms. The molecule has 1 N–H and O–H groups in total. The number of aliphatic hydroxyl groups excluding tert-OH is 1. The highest BCUT2D eigenvalue weighted by atomic mass is 35.5. The standard InChI is InChI=1S/C32H49ClO6/c1-2-3-4-5-6-14-27-28(30(22-29(27)34)39-32-16-8-10-20-36-32)18-17-26(38-31-15-7-9-19-35-31)23-37-25-13-11-12-24(33)21-25/h5-6,11-13,21,26-32,34H,2-4,7-10,14-20,22-23H2,1H3/b6-5-/t26-,27-,28-,29+,30-,31?,32?/m1/s1. The van der Waals surface area contributed by atoms with E-state index in [1.165, 1.54) is 12.8 Å². The fourth-order valence-corrected chi connectivity index (χ4v) is 6.27. The van der Waals surface area contributed by atoms with Gasteiger partial charge >= 0.3 is 0 Å². The minimum atomic E-state index is -0.372. The summed E-state index contributed by atoms with van der Waals surface area (Å²) < 4.78 is 30.9. The summed E-state index contributed by atoms with van der Waals surface area (Å²) in [5.74, 6) is 1.13. The van der Waals surface area contributed by atoms with E-state index in [-0.39, 0.29) is 42.7 Å². The van der Waals surface area contributed by atoms with Crippen molar-refractivity contribution in [3.63, 3.8) is 0 Å². The van der Waals surface area contributed by atoms with Crippen LogP contribution >= 0.6 is 11.6 Å². The van der Waals surface area contributed by atoms with E-state index in [4.69, 9.17) is 35.3 Å². The first kappa shape index (κ1) is 30.8. The van der Waals surface area contributed by atoms with Gasteiger partial charge < -0.3 is 28.8 Å². The van der Waals surface area contributed by atoms with E-state index in [9.17, 15) is 5.11 Å². The molecule has 1 aromatic rings. The van der Waals surface area contributed by atoms with Crippen molar-refractivity contribution in [3.8, 4) is 5.75 Å². The van der Waals surface area contributed by atoms with Crippen LogP contribution in [0.1, 0.15) is 90.4 Å². The third kappa shape index (κ3) is 10.3. The van der Waals surface area contributed by atoms with Crippen molar-refractivity contribution in [2.24, 2.45) is 11.8 Å². The predicted octanol–water partition coefficient (Wildman–Crippen LogP) is 7.46. The molecule has 4 rings (SSSR count). The molecule has 0 aromatic heterocycles. The van der Waals surface area contributed by atoms with E-state index in [0.717, 1.165) is 83.2 Å². The second-order valence-electron chi connectivity index (χ2n) is 11.4. The van der Waals surface area contributed by atoms with Crippen LogP contribution in [0, 0.1) is 11.8 Å². The normalized spacial score (nSPS) is 30.5. The smallest absolute Gasteiger partial charge is 0.158 e. The van der Waals surface area contributed by atoms with Crippen LogP contribution < -0.4 is 4.74 Å². The van der Waals surface area contributed by atoms with Crippen LogP contribution in [-0.2, 0) is 18.9 Å². The van der Waals surface area contributed by atoms with E-state index in [2.05, 4.69) is 19.1 Å². The highest BCUT2D eigenvalue weighted by molar-refractivity contribution is 6.30. The lowest BCUT2D eigenvalue weighted by Gasteiger charge is -2.32. The van der Waals surface area contributed by atoms with Crippen molar-refractivity contribution in [1.82, 2.24) is 0 Å². The monoisotopic (exact) mass is 564 g/mol. The number of allylic oxidation sites excluding steroid dienone is 2. The van der Waals surface area contributed by atoms with Gasteiger partial charge in [-0.05, 0) is 94.2 Å². The van der Waals surface area contributed by atoms with Gasteiger partial charge in [0, 0.05) is 24.7 Å². The first-order chi connectivity index (χ1) is 19.1. The van der Waals surface area contributed by atoms with Gasteiger partial charge in [-0.2, -0.15) is 0 Å². The molecule has 1 aromatic carbocycles. The zero-order valence-electron chi connectivity index (χ0n) is 23.7. The van der Waals surface area contributed by atoms with Crippen molar-refractivity contribution in [1.29, 1.82) is 0 Å². The Hall–Kier alpha value is -1.15. The van der Waals surface area contributed by atoms with Gasteiger partial charge in [-0.15, -0.1) is 0 Å². The summed E-state index contributed by atoms with van der Waals surface area (Å²) in [7, 11) is 0. The lowest BCUT2D eigenvalue weighted by Crippen LogP contribution is -2.34. The molecule has 2 unspecified atom stereocenters. The summed E-state index contributed by atoms with van der Waals surface area (Å²) in [5, 5.41) is 11.8. The summed E-state index contributed by atoms with van der Waals surface area (Å²) >= 11 is 6.17. The van der Waals surface area contributed by atoms with Gasteiger partial charge in [0.25, 0.3) is 0 Å². The third-order valence-corrected chi connectivity index (χ3v) is 8.53. The molecule has 6 nitrogen and oxygen atoms in total. The first-order valence-corrected chi connectivity index (χ1v) is 15.8. The molecule has 2 saturated heterocycles. The first-order valence-electron chi connectivity index (χ1n) is 15.4. The van der Waals surface area contributed by atoms with Crippen LogP contribution in [-0.4, -0.2) is 55.8 Å². The Balaban J connectivity index is 1.41. The van der Waals surface area contributed by atoms with Gasteiger partial charge in [0.05, 0.1) is 18.3 Å². The lowest BCUT2D eigenvalue weighted by atomic mass is 9.86. The molecule has 7 heteroatoms. The van der Waals surface area contributed by atoms with Gasteiger partial charge in [-0.1, -0.05) is 49.6 Å². The van der Waals surface area contributed by atoms with E-state index in [1.54, 1.807) is 0 Å². The maximum absolute atomic E-state index is 11.1. The average Bonchev–Trinajstić information content (AvgIpc) is 3.24. The third-order valence-electron chi connectivity index (χ3n) is 8.30. The number of unbranched alkanes of at least 4 members (excludes halogenated alkanes) is 2. The Morgan fingerprint density at radius 3 is 2.56 bits per heavy atom. The molecule has 2 heterocycles. The molecule has 39 heavy (non-hydrogen) atoms. The van der Waals surface area contributed by atoms with Crippen LogP contribution in [0.2, 0.25) is 5.02 Å². The highest BCUT2D eigenvalue weighted by Crippen LogP contribution is 2.41. The molecule has 2 aliphatic heterocycles. The molecule has 1 aliphatic carbocycles. The molecule has 0 radical (unpaired) electrons. The average molecular weight is 565 g/mol. The second-order valence-corrected chi connectivity index (χ2v) is 11.8. The van der Waals surface area contributed by atoms with Crippen molar-refractivity contribution < 1.29 is 28.8 Å². The molecule has 0 amide bonds. The van der Waals surface area contributed by atoms with Crippen LogP contribution in [0.3, 0.4) is 0 Å². The number of aliphatic hydroxyl groups is 1. The van der Waals surface area contributed by atoms with Crippen LogP contribution in [0.5, 0.6) is 5.75 Å². The van der Waals surface area contributed by atoms with Gasteiger partial charge in [-0.3, -0.25) is 0 Å². The number of rotatable bonds is 15. The summed E-state index contributed by atoms with van der Waals surface area (Å²) in [6.07, 6.45) is 16.6. The molecular weight excluding hydrogens is 516 g/mol. The zero-order chi connectivity index (χ0) is 27.3. The highest BCUT2D eigenvalue weighted by Gasteiger charge is 2.43. The van der Waals surface area contributed by atoms with E-state index in [0.29, 0.717) is 18.1 Å². The molecular formula is C32H49ClO6. The summed E-state index contributed by atoms with van der Waals surface area (Å²) in [5.41, 5.74) is 0. The maximum Gasteiger partial charge on any atom is 0.158 e. The molecule has 3 fully saturated rings. The fourth-order valence-electron chi connectivity index (χ4n) is 6.09. The number of ether oxygens (including phenoxy) is 5. The Morgan fingerprint density at radius 1 is 1.05 bits per heavy atom. The number of hydrogen-bond acceptors (Lipinski definition) is 6. The number of hydrogen-bond donors (Lipinski definition) is 1. The van der Waals surface area contributed by atoms with Gasteiger partial charge in [-0.25, -0.2) is 0 Å². The predicted molar refractivity (Wildman–Crippen MR) is 154 cm³/mol. The summed E-state index contributed by atoms with van der Waals surface area (Å²) in [4.78, 5) is 0. The van der Waals surface area contributed by atoms with Crippen molar-refractivity contribution in [2.75, 3.05) is 19.8 Å². The minimum Gasteiger partial charge on any atom is -0.491 e. The molecule has 0 bridgehead atoms. The largest absolute Gasteiger partial charge is 0.491 e. The summed E-state index contributed by atoms with van der Waals surface area (Å²) in [6, 6.07) is 7.49. The molecule has 220 valence electrons. The Bertz CT molecular complexity index is 838. The van der Waals surface area contributed by atoms with Crippen LogP contribution in [0.15, 0.2) is 36.4 Å². The second kappa shape index (κ2) is 17.0. The van der Waals surface area contributed by atoms with E-state index < -0.39 is 0 Å². The van der Waals surface area contributed by atoms with Crippen molar-refractivity contribution in [3.05, 3.63) is 41.4 Å². The van der Waals surface area contributed by atoms with Gasteiger partial charge in [0.2, 0.25) is 0 Å². The summed E-state index contributed by atoms with van der Waals surface area (Å²) in [6.45, 7) is 4.14. The Labute approximate surface area is 240 Å². The van der Waals surface area contributed by atoms with Crippen molar-refractivity contribution >= 4 is 11.6 Å². The lowest BCUT2D eigenvalue weighted by molar-refractivity contribution is -0.202. The SMILES string of the molecule is CCCC/C=C\C[C@@H]1[C@@H](CC[C@H](COc2cccc(Cl)c2)OC2CCCCO2)[C@H](OC2CCCCO2)C[C@@H]1O. The van der Waals surface area contributed by atoms with Crippen LogP contribution in [0.4, 0.5) is 0 Å². The molecule has 7 atom stereocenters. The van der Waals surface area contributed by atoms with Crippen molar-refractivity contribution in [2.45, 2.75) is 121 Å². The quantitative estimate of drug-likeness (QED) is 0.176. The number of benzene rings is 1. The zero-order valence-corrected chi connectivity index (χ0v) is 24.4. The Morgan fingerprint density at radius 2 is 1.85 bits per heavy atom. The van der Waals surface area contributed by atoms with Crippen LogP contribution in [0.25, 0.3) is 0 Å². The van der Waals surface area contributed by atoms with Gasteiger partial charge in [0.15, 0.2) is 12.6 Å². The maximum atomic E-state index is 11.1. The fraction of sp³-hybridized carbons (Fsp3) is 0.750. The van der Waals surface area contributed by atoms with E-state index in [1.807, 2.05) is 24.3 Å². The Kier molecular flexibility index (Phi) is 13.4. The van der Waals surface area contributed by atoms with Gasteiger partial charge in [0.1, 0.15) is 12.4 Å². The molecule has 3 aliphatic rings. The minimum absolute atomic E-state index is 0.0161. The van der Waals surface area contributed by atoms with E-state index >= 15 is 0 Å². The molecule has 1 saturated carbocycles. The topological polar surface area (TPSA) is 66.4 Å². The number of halogens is 1.